The van der Waals surface area contributed by atoms with Crippen LogP contribution in [0.2, 0.25) is 0 Å². The summed E-state index contributed by atoms with van der Waals surface area (Å²) in [5.41, 5.74) is -0.155. The van der Waals surface area contributed by atoms with E-state index in [-0.39, 0.29) is 17.8 Å². The maximum Gasteiger partial charge on any atom is 0.410 e. The topological polar surface area (TPSA) is 46.6 Å². The number of rotatable bonds is 3. The van der Waals surface area contributed by atoms with E-state index < -0.39 is 11.5 Å². The van der Waals surface area contributed by atoms with Gasteiger partial charge in [-0.1, -0.05) is 18.2 Å². The molecule has 0 N–H and O–H groups in total. The van der Waals surface area contributed by atoms with E-state index in [4.69, 9.17) is 4.74 Å². The molecule has 2 atom stereocenters. The van der Waals surface area contributed by atoms with Crippen LogP contribution in [0.5, 0.6) is 0 Å². The van der Waals surface area contributed by atoms with Crippen molar-refractivity contribution in [2.75, 3.05) is 13.1 Å². The molecule has 1 amide bonds. The highest BCUT2D eigenvalue weighted by atomic mass is 19.1. The van der Waals surface area contributed by atoms with Gasteiger partial charge in [-0.05, 0) is 51.2 Å². The minimum absolute atomic E-state index is 0.0920. The Balaban J connectivity index is 2.12. The quantitative estimate of drug-likeness (QED) is 0.797. The van der Waals surface area contributed by atoms with E-state index in [9.17, 15) is 14.0 Å². The van der Waals surface area contributed by atoms with Gasteiger partial charge in [-0.2, -0.15) is 0 Å². The highest BCUT2D eigenvalue weighted by Gasteiger charge is 2.33. The summed E-state index contributed by atoms with van der Waals surface area (Å²) < 4.78 is 19.4. The zero-order valence-electron chi connectivity index (χ0n) is 13.9. The number of likely N-dealkylation sites (tertiary alicyclic amines) is 1. The summed E-state index contributed by atoms with van der Waals surface area (Å²) in [5, 5.41) is 0. The van der Waals surface area contributed by atoms with Crippen molar-refractivity contribution in [2.45, 2.75) is 45.1 Å². The first kappa shape index (κ1) is 17.4. The van der Waals surface area contributed by atoms with Gasteiger partial charge in [-0.25, -0.2) is 9.18 Å². The summed E-state index contributed by atoms with van der Waals surface area (Å²) in [7, 11) is 0. The zero-order valence-corrected chi connectivity index (χ0v) is 13.9. The molecule has 126 valence electrons. The van der Waals surface area contributed by atoms with Crippen LogP contribution in [0, 0.1) is 11.7 Å². The molecule has 5 heteroatoms. The van der Waals surface area contributed by atoms with Gasteiger partial charge in [-0.15, -0.1) is 0 Å². The van der Waals surface area contributed by atoms with E-state index in [0.29, 0.717) is 18.7 Å². The first-order chi connectivity index (χ1) is 10.8. The van der Waals surface area contributed by atoms with Crippen molar-refractivity contribution in [2.24, 2.45) is 5.92 Å². The number of benzene rings is 1. The minimum Gasteiger partial charge on any atom is -0.444 e. The van der Waals surface area contributed by atoms with Crippen LogP contribution in [0.15, 0.2) is 24.3 Å². The first-order valence-electron chi connectivity index (χ1n) is 7.99. The van der Waals surface area contributed by atoms with Crippen LogP contribution < -0.4 is 0 Å². The SMILES string of the molecule is CC(C)(C)OC(=O)N1CCCC(C(C=O)c2ccccc2F)C1. The van der Waals surface area contributed by atoms with Gasteiger partial charge in [0.2, 0.25) is 0 Å². The van der Waals surface area contributed by atoms with Crippen molar-refractivity contribution in [3.63, 3.8) is 0 Å². The summed E-state index contributed by atoms with van der Waals surface area (Å²) in [6, 6.07) is 6.33. The fourth-order valence-electron chi connectivity index (χ4n) is 2.98. The lowest BCUT2D eigenvalue weighted by atomic mass is 9.82. The highest BCUT2D eigenvalue weighted by Crippen LogP contribution is 2.32. The molecule has 0 aliphatic carbocycles. The minimum atomic E-state index is -0.556. The summed E-state index contributed by atoms with van der Waals surface area (Å²) in [6.07, 6.45) is 1.99. The van der Waals surface area contributed by atoms with E-state index >= 15 is 0 Å². The van der Waals surface area contributed by atoms with Gasteiger partial charge in [0, 0.05) is 19.0 Å². The van der Waals surface area contributed by atoms with Gasteiger partial charge < -0.3 is 14.4 Å². The average Bonchev–Trinajstić information content (AvgIpc) is 2.48. The van der Waals surface area contributed by atoms with Crippen LogP contribution in [-0.4, -0.2) is 36.0 Å². The first-order valence-corrected chi connectivity index (χ1v) is 7.99. The second kappa shape index (κ2) is 7.11. The Morgan fingerprint density at radius 1 is 1.39 bits per heavy atom. The van der Waals surface area contributed by atoms with Crippen molar-refractivity contribution in [3.05, 3.63) is 35.6 Å². The lowest BCUT2D eigenvalue weighted by Crippen LogP contribution is -2.44. The summed E-state index contributed by atoms with van der Waals surface area (Å²) in [5.74, 6) is -1.01. The molecular formula is C18H24FNO3. The van der Waals surface area contributed by atoms with Gasteiger partial charge in [0.15, 0.2) is 0 Å². The Labute approximate surface area is 136 Å². The van der Waals surface area contributed by atoms with Crippen LogP contribution in [0.4, 0.5) is 9.18 Å². The van der Waals surface area contributed by atoms with Crippen molar-refractivity contribution < 1.29 is 18.7 Å². The number of aldehydes is 1. The summed E-state index contributed by atoms with van der Waals surface area (Å²) in [6.45, 7) is 6.47. The molecule has 1 aliphatic rings. The predicted octanol–water partition coefficient (Wildman–Crippen LogP) is 3.76. The standard InChI is InChI=1S/C18H24FNO3/c1-18(2,3)23-17(22)20-10-6-7-13(11-20)15(12-21)14-8-4-5-9-16(14)19/h4-5,8-9,12-13,15H,6-7,10-11H2,1-3H3. The number of ether oxygens (including phenoxy) is 1. The third-order valence-corrected chi connectivity index (χ3v) is 4.03. The van der Waals surface area contributed by atoms with E-state index in [1.54, 1.807) is 23.1 Å². The molecule has 0 saturated carbocycles. The van der Waals surface area contributed by atoms with Crippen molar-refractivity contribution >= 4 is 12.4 Å². The third kappa shape index (κ3) is 4.53. The molecule has 1 heterocycles. The molecule has 2 unspecified atom stereocenters. The molecule has 0 spiro atoms. The van der Waals surface area contributed by atoms with Crippen LogP contribution in [0.1, 0.15) is 45.1 Å². The molecule has 1 saturated heterocycles. The van der Waals surface area contributed by atoms with E-state index in [1.807, 2.05) is 20.8 Å². The Kier molecular flexibility index (Phi) is 5.39. The maximum absolute atomic E-state index is 14.0. The second-order valence-electron chi connectivity index (χ2n) is 7.01. The van der Waals surface area contributed by atoms with E-state index in [2.05, 4.69) is 0 Å². The molecule has 1 fully saturated rings. The monoisotopic (exact) mass is 321 g/mol. The van der Waals surface area contributed by atoms with Gasteiger partial charge in [0.25, 0.3) is 0 Å². The van der Waals surface area contributed by atoms with E-state index in [1.165, 1.54) is 6.07 Å². The zero-order chi connectivity index (χ0) is 17.0. The van der Waals surface area contributed by atoms with Crippen molar-refractivity contribution in [1.82, 2.24) is 4.90 Å². The fraction of sp³-hybridized carbons (Fsp3) is 0.556. The van der Waals surface area contributed by atoms with Gasteiger partial charge in [0.05, 0.1) is 0 Å². The average molecular weight is 321 g/mol. The Morgan fingerprint density at radius 2 is 2.09 bits per heavy atom. The molecule has 0 bridgehead atoms. The number of carbonyl (C=O) groups is 2. The molecule has 23 heavy (non-hydrogen) atoms. The number of carbonyl (C=O) groups excluding carboxylic acids is 2. The van der Waals surface area contributed by atoms with E-state index in [0.717, 1.165) is 19.1 Å². The normalized spacial score (nSPS) is 20.0. The van der Waals surface area contributed by atoms with Crippen LogP contribution in [0.25, 0.3) is 0 Å². The highest BCUT2D eigenvalue weighted by molar-refractivity contribution is 5.69. The molecule has 0 radical (unpaired) electrons. The number of piperidine rings is 1. The number of hydrogen-bond acceptors (Lipinski definition) is 3. The molecule has 2 rings (SSSR count). The maximum atomic E-state index is 14.0. The lowest BCUT2D eigenvalue weighted by molar-refractivity contribution is -0.110. The lowest BCUT2D eigenvalue weighted by Gasteiger charge is -2.36. The van der Waals surface area contributed by atoms with Crippen molar-refractivity contribution in [3.8, 4) is 0 Å². The van der Waals surface area contributed by atoms with Gasteiger partial charge in [0.1, 0.15) is 17.7 Å². The second-order valence-corrected chi connectivity index (χ2v) is 7.01. The number of nitrogens with zero attached hydrogens (tertiary/aromatic N) is 1. The molecule has 1 aromatic rings. The van der Waals surface area contributed by atoms with Crippen LogP contribution >= 0.6 is 0 Å². The number of halogens is 1. The predicted molar refractivity (Wildman–Crippen MR) is 85.7 cm³/mol. The molecule has 1 aromatic carbocycles. The summed E-state index contributed by atoms with van der Waals surface area (Å²) >= 11 is 0. The molecule has 4 nitrogen and oxygen atoms in total. The smallest absolute Gasteiger partial charge is 0.410 e. The number of hydrogen-bond donors (Lipinski definition) is 0. The summed E-state index contributed by atoms with van der Waals surface area (Å²) in [4.78, 5) is 25.4. The number of amides is 1. The largest absolute Gasteiger partial charge is 0.444 e. The van der Waals surface area contributed by atoms with Crippen LogP contribution in [0.3, 0.4) is 0 Å². The molecular weight excluding hydrogens is 297 g/mol. The fourth-order valence-corrected chi connectivity index (χ4v) is 2.98. The van der Waals surface area contributed by atoms with Crippen molar-refractivity contribution in [1.29, 1.82) is 0 Å². The Bertz CT molecular complexity index is 568. The van der Waals surface area contributed by atoms with Gasteiger partial charge >= 0.3 is 6.09 Å². The molecule has 0 aromatic heterocycles. The Hall–Kier alpha value is -1.91. The Morgan fingerprint density at radius 3 is 2.70 bits per heavy atom. The van der Waals surface area contributed by atoms with Crippen LogP contribution in [-0.2, 0) is 9.53 Å². The van der Waals surface area contributed by atoms with Gasteiger partial charge in [-0.3, -0.25) is 0 Å². The third-order valence-electron chi connectivity index (χ3n) is 4.03. The molecule has 1 aliphatic heterocycles.